The van der Waals surface area contributed by atoms with E-state index < -0.39 is 5.91 Å². The summed E-state index contributed by atoms with van der Waals surface area (Å²) in [6, 6.07) is 1.72. The molecule has 0 saturated carbocycles. The van der Waals surface area contributed by atoms with E-state index in [1.807, 2.05) is 29.3 Å². The quantitative estimate of drug-likeness (QED) is 0.756. The molecular formula is C10H10N4O. The zero-order chi connectivity index (χ0) is 10.7. The van der Waals surface area contributed by atoms with E-state index in [2.05, 4.69) is 10.2 Å². The van der Waals surface area contributed by atoms with Crippen molar-refractivity contribution >= 4 is 11.6 Å². The fraction of sp³-hybridized carbons (Fsp3) is 0.100. The molecule has 76 valence electrons. The Morgan fingerprint density at radius 3 is 3.00 bits per heavy atom. The number of hydrogen-bond donors (Lipinski definition) is 1. The largest absolute Gasteiger partial charge is 0.364 e. The molecule has 0 saturated heterocycles. The third-order valence-electron chi connectivity index (χ3n) is 2.06. The van der Waals surface area contributed by atoms with E-state index >= 15 is 0 Å². The van der Waals surface area contributed by atoms with Gasteiger partial charge < -0.3 is 10.6 Å². The van der Waals surface area contributed by atoms with E-state index in [1.54, 1.807) is 6.07 Å². The second-order valence-corrected chi connectivity index (χ2v) is 3.05. The van der Waals surface area contributed by atoms with Crippen LogP contribution in [0.15, 0.2) is 36.7 Å². The monoisotopic (exact) mass is 202 g/mol. The normalized spacial score (nSPS) is 14.3. The van der Waals surface area contributed by atoms with Crippen LogP contribution in [0.25, 0.3) is 0 Å². The van der Waals surface area contributed by atoms with Crippen LogP contribution in [0, 0.1) is 0 Å². The maximum absolute atomic E-state index is 11.1. The minimum atomic E-state index is -0.568. The fourth-order valence-corrected chi connectivity index (χ4v) is 1.38. The minimum Gasteiger partial charge on any atom is -0.364 e. The topological polar surface area (TPSA) is 72.1 Å². The van der Waals surface area contributed by atoms with E-state index in [0.29, 0.717) is 12.2 Å². The molecular weight excluding hydrogens is 192 g/mol. The van der Waals surface area contributed by atoms with Crippen LogP contribution in [-0.4, -0.2) is 22.6 Å². The molecule has 2 N–H and O–H groups in total. The molecule has 2 rings (SSSR count). The van der Waals surface area contributed by atoms with E-state index in [0.717, 1.165) is 0 Å². The number of carbonyl (C=O) groups excluding carboxylic acids is 1. The molecule has 15 heavy (non-hydrogen) atoms. The number of carbonyl (C=O) groups is 1. The van der Waals surface area contributed by atoms with Crippen molar-refractivity contribution in [1.29, 1.82) is 0 Å². The fourth-order valence-electron chi connectivity index (χ4n) is 1.38. The van der Waals surface area contributed by atoms with Crippen LogP contribution in [-0.2, 0) is 0 Å². The summed E-state index contributed by atoms with van der Waals surface area (Å²) in [6.07, 6.45) is 9.20. The van der Waals surface area contributed by atoms with E-state index in [9.17, 15) is 4.79 Å². The van der Waals surface area contributed by atoms with Crippen molar-refractivity contribution in [1.82, 2.24) is 10.2 Å². The molecule has 0 aliphatic carbocycles. The van der Waals surface area contributed by atoms with Gasteiger partial charge in [-0.3, -0.25) is 4.79 Å². The molecule has 2 heterocycles. The van der Waals surface area contributed by atoms with Gasteiger partial charge in [-0.15, -0.1) is 5.10 Å². The molecule has 1 amide bonds. The predicted octanol–water partition coefficient (Wildman–Crippen LogP) is 0.465. The molecule has 1 aliphatic heterocycles. The van der Waals surface area contributed by atoms with Gasteiger partial charge in [0, 0.05) is 12.7 Å². The number of amides is 1. The Hall–Kier alpha value is -2.17. The standard InChI is InChI=1S/C10H10N4O/c11-10(15)9-8(4-5-12-13-9)14-6-2-1-3-7-14/h1-6H,7H2,(H2,11,15). The van der Waals surface area contributed by atoms with Gasteiger partial charge in [0.25, 0.3) is 5.91 Å². The molecule has 0 fully saturated rings. The first kappa shape index (κ1) is 9.39. The van der Waals surface area contributed by atoms with Gasteiger partial charge in [0.2, 0.25) is 0 Å². The Kier molecular flexibility index (Phi) is 2.45. The van der Waals surface area contributed by atoms with Crippen LogP contribution < -0.4 is 10.6 Å². The molecule has 0 aromatic carbocycles. The number of hydrogen-bond acceptors (Lipinski definition) is 4. The zero-order valence-electron chi connectivity index (χ0n) is 8.00. The summed E-state index contributed by atoms with van der Waals surface area (Å²) in [5, 5.41) is 7.37. The lowest BCUT2D eigenvalue weighted by molar-refractivity contribution is 0.0995. The highest BCUT2D eigenvalue weighted by Crippen LogP contribution is 2.18. The number of nitrogens with zero attached hydrogens (tertiary/aromatic N) is 3. The van der Waals surface area contributed by atoms with Crippen molar-refractivity contribution in [2.24, 2.45) is 5.73 Å². The summed E-state index contributed by atoms with van der Waals surface area (Å²) >= 11 is 0. The van der Waals surface area contributed by atoms with Gasteiger partial charge in [-0.05, 0) is 12.1 Å². The van der Waals surface area contributed by atoms with Crippen molar-refractivity contribution in [2.75, 3.05) is 11.4 Å². The molecule has 0 bridgehead atoms. The van der Waals surface area contributed by atoms with Gasteiger partial charge in [-0.1, -0.05) is 12.2 Å². The first-order valence-corrected chi connectivity index (χ1v) is 4.50. The van der Waals surface area contributed by atoms with Gasteiger partial charge in [-0.2, -0.15) is 5.10 Å². The highest BCUT2D eigenvalue weighted by atomic mass is 16.1. The summed E-state index contributed by atoms with van der Waals surface area (Å²) < 4.78 is 0. The third-order valence-corrected chi connectivity index (χ3v) is 2.06. The van der Waals surface area contributed by atoms with Crippen LogP contribution >= 0.6 is 0 Å². The van der Waals surface area contributed by atoms with Gasteiger partial charge in [0.05, 0.1) is 11.9 Å². The Morgan fingerprint density at radius 2 is 2.33 bits per heavy atom. The first-order chi connectivity index (χ1) is 7.29. The number of anilines is 1. The van der Waals surface area contributed by atoms with Gasteiger partial charge in [0.15, 0.2) is 5.69 Å². The van der Waals surface area contributed by atoms with Crippen LogP contribution in [0.3, 0.4) is 0 Å². The number of aromatic nitrogens is 2. The number of primary amides is 1. The summed E-state index contributed by atoms with van der Waals surface area (Å²) in [4.78, 5) is 13.0. The Balaban J connectivity index is 2.39. The van der Waals surface area contributed by atoms with Crippen LogP contribution in [0.5, 0.6) is 0 Å². The second kappa shape index (κ2) is 3.91. The lowest BCUT2D eigenvalue weighted by Gasteiger charge is -2.21. The Morgan fingerprint density at radius 1 is 1.47 bits per heavy atom. The average molecular weight is 202 g/mol. The van der Waals surface area contributed by atoms with Gasteiger partial charge in [-0.25, -0.2) is 0 Å². The zero-order valence-corrected chi connectivity index (χ0v) is 8.00. The highest BCUT2D eigenvalue weighted by Gasteiger charge is 2.14. The number of allylic oxidation sites excluding steroid dienone is 2. The second-order valence-electron chi connectivity index (χ2n) is 3.05. The van der Waals surface area contributed by atoms with Gasteiger partial charge >= 0.3 is 0 Å². The van der Waals surface area contributed by atoms with Crippen LogP contribution in [0.1, 0.15) is 10.5 Å². The molecule has 0 atom stereocenters. The summed E-state index contributed by atoms with van der Waals surface area (Å²) in [7, 11) is 0. The molecule has 1 aliphatic rings. The molecule has 5 nitrogen and oxygen atoms in total. The molecule has 1 aromatic heterocycles. The van der Waals surface area contributed by atoms with Crippen molar-refractivity contribution in [2.45, 2.75) is 0 Å². The van der Waals surface area contributed by atoms with E-state index in [1.165, 1.54) is 6.20 Å². The lowest BCUT2D eigenvalue weighted by atomic mass is 10.2. The summed E-state index contributed by atoms with van der Waals surface area (Å²) in [5.74, 6) is -0.568. The average Bonchev–Trinajstić information content (AvgIpc) is 2.30. The van der Waals surface area contributed by atoms with Gasteiger partial charge in [0.1, 0.15) is 0 Å². The SMILES string of the molecule is NC(=O)c1nnccc1N1C=CC=CC1. The summed E-state index contributed by atoms with van der Waals surface area (Å²) in [6.45, 7) is 0.697. The third kappa shape index (κ3) is 1.85. The Labute approximate surface area is 86.9 Å². The smallest absolute Gasteiger partial charge is 0.271 e. The lowest BCUT2D eigenvalue weighted by Crippen LogP contribution is -2.24. The van der Waals surface area contributed by atoms with Crippen molar-refractivity contribution in [3.05, 3.63) is 42.4 Å². The maximum atomic E-state index is 11.1. The van der Waals surface area contributed by atoms with Crippen molar-refractivity contribution < 1.29 is 4.79 Å². The Bertz CT molecular complexity index is 439. The van der Waals surface area contributed by atoms with Crippen LogP contribution in [0.4, 0.5) is 5.69 Å². The number of rotatable bonds is 2. The molecule has 0 radical (unpaired) electrons. The summed E-state index contributed by atoms with van der Waals surface area (Å²) in [5.41, 5.74) is 6.08. The highest BCUT2D eigenvalue weighted by molar-refractivity contribution is 5.96. The van der Waals surface area contributed by atoms with Crippen LogP contribution in [0.2, 0.25) is 0 Å². The van der Waals surface area contributed by atoms with Crippen molar-refractivity contribution in [3.63, 3.8) is 0 Å². The van der Waals surface area contributed by atoms with Crippen molar-refractivity contribution in [3.8, 4) is 0 Å². The first-order valence-electron chi connectivity index (χ1n) is 4.50. The molecule has 5 heteroatoms. The van der Waals surface area contributed by atoms with E-state index in [-0.39, 0.29) is 5.69 Å². The minimum absolute atomic E-state index is 0.192. The number of nitrogens with two attached hydrogens (primary N) is 1. The molecule has 1 aromatic rings. The predicted molar refractivity (Wildman–Crippen MR) is 56.2 cm³/mol. The van der Waals surface area contributed by atoms with E-state index in [4.69, 9.17) is 5.73 Å². The molecule has 0 spiro atoms. The maximum Gasteiger partial charge on any atom is 0.271 e. The molecule has 0 unspecified atom stereocenters.